The van der Waals surface area contributed by atoms with Crippen LogP contribution in [0.2, 0.25) is 0 Å². The van der Waals surface area contributed by atoms with Crippen LogP contribution in [-0.2, 0) is 5.41 Å². The Bertz CT molecular complexity index is 1680. The van der Waals surface area contributed by atoms with E-state index >= 15 is 0 Å². The SMILES string of the molecule is C1=CC2=C(CC1)c1ccccc1C21c2ccccc2-c2c1ccc1[nH]c3ccccc3c21. The van der Waals surface area contributed by atoms with E-state index in [9.17, 15) is 0 Å². The number of hydrogen-bond acceptors (Lipinski definition) is 0. The highest BCUT2D eigenvalue weighted by Gasteiger charge is 2.52. The molecule has 1 heterocycles. The van der Waals surface area contributed by atoms with Crippen molar-refractivity contribution in [1.82, 2.24) is 4.98 Å². The molecule has 3 aliphatic carbocycles. The van der Waals surface area contributed by atoms with Gasteiger partial charge in [0.05, 0.1) is 5.41 Å². The van der Waals surface area contributed by atoms with Gasteiger partial charge in [0.15, 0.2) is 0 Å². The predicted molar refractivity (Wildman–Crippen MR) is 133 cm³/mol. The fourth-order valence-corrected chi connectivity index (χ4v) is 6.80. The number of aromatic nitrogens is 1. The Labute approximate surface area is 186 Å². The van der Waals surface area contributed by atoms with Crippen LogP contribution >= 0.6 is 0 Å². The van der Waals surface area contributed by atoms with E-state index < -0.39 is 0 Å². The summed E-state index contributed by atoms with van der Waals surface area (Å²) in [4.78, 5) is 3.67. The van der Waals surface area contributed by atoms with Crippen molar-refractivity contribution in [3.05, 3.63) is 125 Å². The molecule has 0 radical (unpaired) electrons. The molecule has 1 aromatic heterocycles. The minimum Gasteiger partial charge on any atom is -0.354 e. The summed E-state index contributed by atoms with van der Waals surface area (Å²) < 4.78 is 0. The van der Waals surface area contributed by atoms with Crippen LogP contribution < -0.4 is 0 Å². The largest absolute Gasteiger partial charge is 0.354 e. The minimum absolute atomic E-state index is 0.221. The molecular formula is C31H21N. The third-order valence-electron chi connectivity index (χ3n) is 7.91. The van der Waals surface area contributed by atoms with Gasteiger partial charge >= 0.3 is 0 Å². The van der Waals surface area contributed by atoms with Crippen LogP contribution in [0.15, 0.2) is 103 Å². The number of H-pyrrole nitrogens is 1. The molecule has 4 aromatic carbocycles. The molecule has 0 bridgehead atoms. The van der Waals surface area contributed by atoms with Crippen LogP contribution in [0.5, 0.6) is 0 Å². The van der Waals surface area contributed by atoms with Crippen LogP contribution in [0.25, 0.3) is 38.5 Å². The third kappa shape index (κ3) is 1.75. The monoisotopic (exact) mass is 407 g/mol. The Morgan fingerprint density at radius 3 is 2.31 bits per heavy atom. The highest BCUT2D eigenvalue weighted by molar-refractivity contribution is 6.17. The average molecular weight is 408 g/mol. The van der Waals surface area contributed by atoms with Gasteiger partial charge in [0.2, 0.25) is 0 Å². The maximum absolute atomic E-state index is 3.67. The third-order valence-corrected chi connectivity index (χ3v) is 7.91. The van der Waals surface area contributed by atoms with E-state index in [2.05, 4.69) is 102 Å². The summed E-state index contributed by atoms with van der Waals surface area (Å²) in [7, 11) is 0. The van der Waals surface area contributed by atoms with Gasteiger partial charge in [-0.15, -0.1) is 0 Å². The fourth-order valence-electron chi connectivity index (χ4n) is 6.80. The van der Waals surface area contributed by atoms with Crippen molar-refractivity contribution in [2.45, 2.75) is 18.3 Å². The average Bonchev–Trinajstić information content (AvgIpc) is 3.48. The molecule has 0 saturated heterocycles. The first kappa shape index (κ1) is 16.8. The van der Waals surface area contributed by atoms with Crippen molar-refractivity contribution in [3.63, 3.8) is 0 Å². The molecule has 0 saturated carbocycles. The molecule has 1 N–H and O–H groups in total. The van der Waals surface area contributed by atoms with Gasteiger partial charge in [-0.05, 0) is 69.5 Å². The molecule has 0 amide bonds. The van der Waals surface area contributed by atoms with Crippen molar-refractivity contribution >= 4 is 27.4 Å². The Morgan fingerprint density at radius 2 is 1.41 bits per heavy atom. The molecule has 0 aliphatic heterocycles. The molecule has 1 heteroatoms. The van der Waals surface area contributed by atoms with Crippen molar-refractivity contribution in [1.29, 1.82) is 0 Å². The quantitative estimate of drug-likeness (QED) is 0.270. The summed E-state index contributed by atoms with van der Waals surface area (Å²) in [5.41, 5.74) is 13.7. The maximum atomic E-state index is 3.67. The van der Waals surface area contributed by atoms with Gasteiger partial charge in [0.1, 0.15) is 0 Å². The lowest BCUT2D eigenvalue weighted by Gasteiger charge is -2.32. The van der Waals surface area contributed by atoms with Crippen molar-refractivity contribution in [2.24, 2.45) is 0 Å². The molecule has 3 aliphatic rings. The van der Waals surface area contributed by atoms with E-state index in [0.717, 1.165) is 12.8 Å². The fraction of sp³-hybridized carbons (Fsp3) is 0.0968. The predicted octanol–water partition coefficient (Wildman–Crippen LogP) is 7.75. The number of hydrogen-bond donors (Lipinski definition) is 1. The second-order valence-corrected chi connectivity index (χ2v) is 9.26. The Hall–Kier alpha value is -3.84. The first-order chi connectivity index (χ1) is 15.9. The minimum atomic E-state index is -0.221. The van der Waals surface area contributed by atoms with Crippen molar-refractivity contribution in [3.8, 4) is 11.1 Å². The van der Waals surface area contributed by atoms with E-state index in [1.54, 1.807) is 0 Å². The lowest BCUT2D eigenvalue weighted by molar-refractivity contribution is 0.781. The summed E-state index contributed by atoms with van der Waals surface area (Å²) in [5, 5.41) is 2.67. The zero-order valence-corrected chi connectivity index (χ0v) is 17.7. The molecule has 150 valence electrons. The zero-order chi connectivity index (χ0) is 20.9. The number of fused-ring (bicyclic) bond motifs is 13. The van der Waals surface area contributed by atoms with Gasteiger partial charge in [-0.1, -0.05) is 84.9 Å². The van der Waals surface area contributed by atoms with Crippen LogP contribution in [-0.4, -0.2) is 4.98 Å². The van der Waals surface area contributed by atoms with Gasteiger partial charge in [-0.2, -0.15) is 0 Å². The highest BCUT2D eigenvalue weighted by atomic mass is 14.7. The maximum Gasteiger partial charge on any atom is 0.0722 e. The zero-order valence-electron chi connectivity index (χ0n) is 17.7. The summed E-state index contributed by atoms with van der Waals surface area (Å²) >= 11 is 0. The number of rotatable bonds is 0. The first-order valence-electron chi connectivity index (χ1n) is 11.5. The van der Waals surface area contributed by atoms with Crippen LogP contribution in [0.1, 0.15) is 35.1 Å². The van der Waals surface area contributed by atoms with Crippen LogP contribution in [0.4, 0.5) is 0 Å². The molecule has 0 fully saturated rings. The molecular weight excluding hydrogens is 386 g/mol. The molecule has 5 aromatic rings. The summed E-state index contributed by atoms with van der Waals surface area (Å²) in [6, 6.07) is 31.6. The number of allylic oxidation sites excluding steroid dienone is 4. The van der Waals surface area contributed by atoms with Crippen LogP contribution in [0.3, 0.4) is 0 Å². The van der Waals surface area contributed by atoms with Gasteiger partial charge in [0, 0.05) is 21.8 Å². The van der Waals surface area contributed by atoms with E-state index in [1.165, 1.54) is 66.3 Å². The second kappa shape index (κ2) is 5.69. The molecule has 1 atom stereocenters. The Morgan fingerprint density at radius 1 is 0.656 bits per heavy atom. The van der Waals surface area contributed by atoms with E-state index in [-0.39, 0.29) is 5.41 Å². The molecule has 8 rings (SSSR count). The summed E-state index contributed by atoms with van der Waals surface area (Å²) in [6.07, 6.45) is 7.04. The van der Waals surface area contributed by atoms with Crippen molar-refractivity contribution < 1.29 is 0 Å². The number of nitrogens with one attached hydrogen (secondary N) is 1. The number of aromatic amines is 1. The Balaban J connectivity index is 1.62. The smallest absolute Gasteiger partial charge is 0.0722 e. The van der Waals surface area contributed by atoms with E-state index in [0.29, 0.717) is 0 Å². The number of para-hydroxylation sites is 1. The van der Waals surface area contributed by atoms with Gasteiger partial charge in [-0.3, -0.25) is 0 Å². The normalized spacial score (nSPS) is 20.1. The van der Waals surface area contributed by atoms with Gasteiger partial charge in [0.25, 0.3) is 0 Å². The number of benzene rings is 4. The van der Waals surface area contributed by atoms with Gasteiger partial charge in [-0.25, -0.2) is 0 Å². The van der Waals surface area contributed by atoms with Crippen molar-refractivity contribution in [2.75, 3.05) is 0 Å². The van der Waals surface area contributed by atoms with Gasteiger partial charge < -0.3 is 4.98 Å². The molecule has 1 nitrogen and oxygen atoms in total. The first-order valence-corrected chi connectivity index (χ1v) is 11.5. The standard InChI is InChI=1S/C31H21N/c1-5-13-23-19(9-1)20-10-2-6-14-24(20)31(23)25-15-7-3-11-21(25)29-26(31)17-18-28-30(29)22-12-4-8-16-27(22)32-28/h1,3-9,11-18,32H,2,10H2. The highest BCUT2D eigenvalue weighted by Crippen LogP contribution is 2.64. The summed E-state index contributed by atoms with van der Waals surface area (Å²) in [5.74, 6) is 0. The van der Waals surface area contributed by atoms with E-state index in [1.807, 2.05) is 0 Å². The second-order valence-electron chi connectivity index (χ2n) is 9.26. The molecule has 1 spiro atoms. The molecule has 32 heavy (non-hydrogen) atoms. The van der Waals surface area contributed by atoms with Crippen LogP contribution in [0, 0.1) is 0 Å². The topological polar surface area (TPSA) is 15.8 Å². The lowest BCUT2D eigenvalue weighted by atomic mass is 9.69. The Kier molecular flexibility index (Phi) is 2.99. The lowest BCUT2D eigenvalue weighted by Crippen LogP contribution is -2.27. The molecule has 1 unspecified atom stereocenters. The summed E-state index contributed by atoms with van der Waals surface area (Å²) in [6.45, 7) is 0. The van der Waals surface area contributed by atoms with E-state index in [4.69, 9.17) is 0 Å².